The van der Waals surface area contributed by atoms with Gasteiger partial charge in [0.2, 0.25) is 0 Å². The Kier molecular flexibility index (Phi) is 3.97. The minimum atomic E-state index is -0.0205. The zero-order valence-corrected chi connectivity index (χ0v) is 10.4. The van der Waals surface area contributed by atoms with E-state index in [1.54, 1.807) is 6.20 Å². The summed E-state index contributed by atoms with van der Waals surface area (Å²) in [7, 11) is 0. The summed E-state index contributed by atoms with van der Waals surface area (Å²) < 4.78 is 11.0. The Morgan fingerprint density at radius 1 is 1.59 bits per heavy atom. The number of hydrogen-bond acceptors (Lipinski definition) is 4. The van der Waals surface area contributed by atoms with E-state index in [4.69, 9.17) is 15.2 Å². The fourth-order valence-electron chi connectivity index (χ4n) is 2.24. The predicted octanol–water partition coefficient (Wildman–Crippen LogP) is 1.91. The molecule has 0 aromatic carbocycles. The van der Waals surface area contributed by atoms with E-state index < -0.39 is 0 Å². The summed E-state index contributed by atoms with van der Waals surface area (Å²) >= 11 is 0. The monoisotopic (exact) mass is 236 g/mol. The molecule has 1 aliphatic rings. The van der Waals surface area contributed by atoms with Crippen LogP contribution in [0.2, 0.25) is 0 Å². The Labute approximate surface area is 102 Å². The van der Waals surface area contributed by atoms with Gasteiger partial charge in [0.05, 0.1) is 25.5 Å². The van der Waals surface area contributed by atoms with Crippen molar-refractivity contribution in [2.45, 2.75) is 32.4 Å². The van der Waals surface area contributed by atoms with Crippen LogP contribution in [0.1, 0.15) is 31.9 Å². The molecule has 1 saturated heterocycles. The SMILES string of the molecule is CCOc1cncc(C(N)C2COC(C)C2)c1. The minimum absolute atomic E-state index is 0.0205. The molecular weight excluding hydrogens is 216 g/mol. The van der Waals surface area contributed by atoms with E-state index in [0.717, 1.165) is 24.3 Å². The van der Waals surface area contributed by atoms with E-state index in [1.165, 1.54) is 0 Å². The molecule has 94 valence electrons. The van der Waals surface area contributed by atoms with Crippen molar-refractivity contribution in [2.24, 2.45) is 11.7 Å². The molecule has 2 heterocycles. The molecule has 0 bridgehead atoms. The van der Waals surface area contributed by atoms with Crippen LogP contribution in [0.5, 0.6) is 5.75 Å². The average molecular weight is 236 g/mol. The van der Waals surface area contributed by atoms with Crippen LogP contribution in [0.25, 0.3) is 0 Å². The van der Waals surface area contributed by atoms with Crippen LogP contribution >= 0.6 is 0 Å². The van der Waals surface area contributed by atoms with Gasteiger partial charge in [0, 0.05) is 18.2 Å². The third kappa shape index (κ3) is 2.96. The Hall–Kier alpha value is -1.13. The van der Waals surface area contributed by atoms with Crippen LogP contribution < -0.4 is 10.5 Å². The van der Waals surface area contributed by atoms with E-state index in [1.807, 2.05) is 19.2 Å². The highest BCUT2D eigenvalue weighted by Crippen LogP contribution is 2.30. The van der Waals surface area contributed by atoms with Gasteiger partial charge in [0.1, 0.15) is 5.75 Å². The number of nitrogens with zero attached hydrogens (tertiary/aromatic N) is 1. The largest absolute Gasteiger partial charge is 0.492 e. The Balaban J connectivity index is 2.07. The van der Waals surface area contributed by atoms with E-state index in [-0.39, 0.29) is 6.04 Å². The van der Waals surface area contributed by atoms with Gasteiger partial charge >= 0.3 is 0 Å². The summed E-state index contributed by atoms with van der Waals surface area (Å²) in [5.41, 5.74) is 7.28. The summed E-state index contributed by atoms with van der Waals surface area (Å²) in [5, 5.41) is 0. The number of pyridine rings is 1. The highest BCUT2D eigenvalue weighted by Gasteiger charge is 2.28. The Bertz CT molecular complexity index is 370. The molecule has 0 radical (unpaired) electrons. The van der Waals surface area contributed by atoms with Gasteiger partial charge in [-0.15, -0.1) is 0 Å². The molecule has 1 aromatic heterocycles. The first kappa shape index (κ1) is 12.3. The zero-order valence-electron chi connectivity index (χ0n) is 10.4. The van der Waals surface area contributed by atoms with Crippen LogP contribution in [0.4, 0.5) is 0 Å². The van der Waals surface area contributed by atoms with Gasteiger partial charge < -0.3 is 15.2 Å². The standard InChI is InChI=1S/C13H20N2O2/c1-3-16-12-5-10(6-15-7-12)13(14)11-4-9(2)17-8-11/h5-7,9,11,13H,3-4,8,14H2,1-2H3. The van der Waals surface area contributed by atoms with E-state index >= 15 is 0 Å². The quantitative estimate of drug-likeness (QED) is 0.867. The van der Waals surface area contributed by atoms with Gasteiger partial charge in [-0.2, -0.15) is 0 Å². The molecule has 4 heteroatoms. The lowest BCUT2D eigenvalue weighted by atomic mass is 9.93. The highest BCUT2D eigenvalue weighted by molar-refractivity contribution is 5.26. The van der Waals surface area contributed by atoms with Gasteiger partial charge in [-0.25, -0.2) is 0 Å². The lowest BCUT2D eigenvalue weighted by Gasteiger charge is -2.18. The third-order valence-electron chi connectivity index (χ3n) is 3.17. The van der Waals surface area contributed by atoms with Gasteiger partial charge in [0.15, 0.2) is 0 Å². The molecule has 0 spiro atoms. The van der Waals surface area contributed by atoms with Crippen molar-refractivity contribution in [3.05, 3.63) is 24.0 Å². The third-order valence-corrected chi connectivity index (χ3v) is 3.17. The van der Waals surface area contributed by atoms with Crippen molar-refractivity contribution in [2.75, 3.05) is 13.2 Å². The lowest BCUT2D eigenvalue weighted by Crippen LogP contribution is -2.22. The van der Waals surface area contributed by atoms with E-state index in [9.17, 15) is 0 Å². The molecule has 1 aromatic rings. The van der Waals surface area contributed by atoms with Crippen molar-refractivity contribution in [3.63, 3.8) is 0 Å². The fraction of sp³-hybridized carbons (Fsp3) is 0.615. The van der Waals surface area contributed by atoms with Crippen LogP contribution in [-0.4, -0.2) is 24.3 Å². The molecule has 3 unspecified atom stereocenters. The highest BCUT2D eigenvalue weighted by atomic mass is 16.5. The molecule has 0 aliphatic carbocycles. The van der Waals surface area contributed by atoms with Crippen molar-refractivity contribution < 1.29 is 9.47 Å². The first-order chi connectivity index (χ1) is 8.20. The summed E-state index contributed by atoms with van der Waals surface area (Å²) in [5.74, 6) is 1.16. The average Bonchev–Trinajstić information content (AvgIpc) is 2.76. The molecule has 2 rings (SSSR count). The summed E-state index contributed by atoms with van der Waals surface area (Å²) in [6.07, 6.45) is 4.86. The number of nitrogens with two attached hydrogens (primary N) is 1. The molecule has 0 saturated carbocycles. The number of ether oxygens (including phenoxy) is 2. The fourth-order valence-corrected chi connectivity index (χ4v) is 2.24. The summed E-state index contributed by atoms with van der Waals surface area (Å²) in [4.78, 5) is 4.17. The van der Waals surface area contributed by atoms with Crippen molar-refractivity contribution in [1.29, 1.82) is 0 Å². The maximum Gasteiger partial charge on any atom is 0.137 e. The molecule has 1 fully saturated rings. The second kappa shape index (κ2) is 5.47. The molecule has 17 heavy (non-hydrogen) atoms. The lowest BCUT2D eigenvalue weighted by molar-refractivity contribution is 0.118. The molecule has 0 amide bonds. The van der Waals surface area contributed by atoms with E-state index in [0.29, 0.717) is 18.6 Å². The van der Waals surface area contributed by atoms with Gasteiger partial charge in [0.25, 0.3) is 0 Å². The second-order valence-electron chi connectivity index (χ2n) is 4.55. The van der Waals surface area contributed by atoms with E-state index in [2.05, 4.69) is 11.9 Å². The summed E-state index contributed by atoms with van der Waals surface area (Å²) in [6, 6.07) is 1.96. The molecule has 3 atom stereocenters. The number of aromatic nitrogens is 1. The number of hydrogen-bond donors (Lipinski definition) is 1. The van der Waals surface area contributed by atoms with Gasteiger partial charge in [-0.05, 0) is 31.9 Å². The summed E-state index contributed by atoms with van der Waals surface area (Å²) in [6.45, 7) is 5.42. The minimum Gasteiger partial charge on any atom is -0.492 e. The van der Waals surface area contributed by atoms with Crippen LogP contribution in [0, 0.1) is 5.92 Å². The predicted molar refractivity (Wildman–Crippen MR) is 65.9 cm³/mol. The van der Waals surface area contributed by atoms with Crippen LogP contribution in [-0.2, 0) is 4.74 Å². The Morgan fingerprint density at radius 2 is 2.41 bits per heavy atom. The van der Waals surface area contributed by atoms with Crippen molar-refractivity contribution in [3.8, 4) is 5.75 Å². The van der Waals surface area contributed by atoms with Gasteiger partial charge in [-0.3, -0.25) is 4.98 Å². The van der Waals surface area contributed by atoms with Crippen molar-refractivity contribution >= 4 is 0 Å². The normalized spacial score (nSPS) is 25.8. The first-order valence-corrected chi connectivity index (χ1v) is 6.15. The first-order valence-electron chi connectivity index (χ1n) is 6.15. The number of rotatable bonds is 4. The molecule has 2 N–H and O–H groups in total. The zero-order chi connectivity index (χ0) is 12.3. The topological polar surface area (TPSA) is 57.4 Å². The molecule has 4 nitrogen and oxygen atoms in total. The van der Waals surface area contributed by atoms with Crippen molar-refractivity contribution in [1.82, 2.24) is 4.98 Å². The van der Waals surface area contributed by atoms with Gasteiger partial charge in [-0.1, -0.05) is 0 Å². The molecule has 1 aliphatic heterocycles. The van der Waals surface area contributed by atoms with Crippen LogP contribution in [0.3, 0.4) is 0 Å². The maximum atomic E-state index is 6.25. The maximum absolute atomic E-state index is 6.25. The second-order valence-corrected chi connectivity index (χ2v) is 4.55. The van der Waals surface area contributed by atoms with Crippen LogP contribution in [0.15, 0.2) is 18.5 Å². The smallest absolute Gasteiger partial charge is 0.137 e. The Morgan fingerprint density at radius 3 is 3.06 bits per heavy atom. The molecular formula is C13H20N2O2.